The Balaban J connectivity index is 1.66. The van der Waals surface area contributed by atoms with Crippen molar-refractivity contribution in [2.45, 2.75) is 6.54 Å². The number of nitro groups is 1. The van der Waals surface area contributed by atoms with Crippen LogP contribution in [0.4, 0.5) is 5.69 Å². The topological polar surface area (TPSA) is 85.4 Å². The molecule has 6 heteroatoms. The molecule has 1 heterocycles. The largest absolute Gasteiger partial charge is 0.456 e. The molecule has 0 radical (unpaired) electrons. The molecule has 0 fully saturated rings. The molecule has 6 nitrogen and oxygen atoms in total. The summed E-state index contributed by atoms with van der Waals surface area (Å²) in [4.78, 5) is 22.5. The molecular formula is C20H16N2O4. The van der Waals surface area contributed by atoms with Crippen LogP contribution in [0.15, 0.2) is 77.2 Å². The highest BCUT2D eigenvalue weighted by Gasteiger charge is 2.16. The number of nitro benzene ring substituents is 1. The Labute approximate surface area is 149 Å². The Morgan fingerprint density at radius 3 is 2.54 bits per heavy atom. The third kappa shape index (κ3) is 4.24. The molecule has 1 aromatic heterocycles. The van der Waals surface area contributed by atoms with E-state index in [1.54, 1.807) is 30.3 Å². The summed E-state index contributed by atoms with van der Waals surface area (Å²) in [7, 11) is 0. The molecule has 0 unspecified atom stereocenters. The van der Waals surface area contributed by atoms with Gasteiger partial charge in [-0.25, -0.2) is 0 Å². The maximum atomic E-state index is 11.9. The lowest BCUT2D eigenvalue weighted by Gasteiger charge is -2.01. The number of hydrogen-bond acceptors (Lipinski definition) is 4. The van der Waals surface area contributed by atoms with Gasteiger partial charge in [0.15, 0.2) is 0 Å². The van der Waals surface area contributed by atoms with E-state index in [0.29, 0.717) is 23.6 Å². The zero-order valence-corrected chi connectivity index (χ0v) is 13.8. The first kappa shape index (κ1) is 17.2. The molecule has 0 saturated carbocycles. The number of carbonyl (C=O) groups excluding carboxylic acids is 1. The van der Waals surface area contributed by atoms with Crippen LogP contribution in [-0.2, 0) is 11.3 Å². The molecule has 0 aliphatic rings. The molecule has 0 aliphatic heterocycles. The lowest BCUT2D eigenvalue weighted by molar-refractivity contribution is -0.384. The number of furan rings is 1. The Morgan fingerprint density at radius 2 is 1.77 bits per heavy atom. The number of nitrogens with zero attached hydrogens (tertiary/aromatic N) is 1. The molecule has 3 rings (SSSR count). The molecule has 0 saturated heterocycles. The van der Waals surface area contributed by atoms with Crippen LogP contribution in [0.3, 0.4) is 0 Å². The van der Waals surface area contributed by atoms with Gasteiger partial charge in [0.1, 0.15) is 11.5 Å². The molecular weight excluding hydrogens is 332 g/mol. The van der Waals surface area contributed by atoms with Gasteiger partial charge in [0.25, 0.3) is 5.69 Å². The lowest BCUT2D eigenvalue weighted by Crippen LogP contribution is -2.20. The van der Waals surface area contributed by atoms with Gasteiger partial charge in [-0.05, 0) is 29.8 Å². The fourth-order valence-corrected chi connectivity index (χ4v) is 2.43. The molecule has 0 atom stereocenters. The van der Waals surface area contributed by atoms with Crippen LogP contribution < -0.4 is 5.32 Å². The predicted molar refractivity (Wildman–Crippen MR) is 98.1 cm³/mol. The van der Waals surface area contributed by atoms with Crippen molar-refractivity contribution < 1.29 is 14.1 Å². The van der Waals surface area contributed by atoms with Crippen LogP contribution in [0, 0.1) is 10.1 Å². The van der Waals surface area contributed by atoms with Gasteiger partial charge in [-0.3, -0.25) is 14.9 Å². The Morgan fingerprint density at radius 1 is 1.04 bits per heavy atom. The molecule has 2 aromatic carbocycles. The molecule has 0 spiro atoms. The van der Waals surface area contributed by atoms with E-state index in [4.69, 9.17) is 4.42 Å². The molecule has 130 valence electrons. The fourth-order valence-electron chi connectivity index (χ4n) is 2.43. The average molecular weight is 348 g/mol. The van der Waals surface area contributed by atoms with Gasteiger partial charge in [-0.15, -0.1) is 0 Å². The van der Waals surface area contributed by atoms with Gasteiger partial charge in [0.05, 0.1) is 10.5 Å². The zero-order chi connectivity index (χ0) is 18.4. The molecule has 0 aliphatic carbocycles. The Bertz CT molecular complexity index is 945. The van der Waals surface area contributed by atoms with E-state index < -0.39 is 4.92 Å². The molecule has 1 amide bonds. The van der Waals surface area contributed by atoms with Crippen LogP contribution in [-0.4, -0.2) is 10.8 Å². The first-order valence-electron chi connectivity index (χ1n) is 7.97. The van der Waals surface area contributed by atoms with Crippen molar-refractivity contribution in [3.8, 4) is 11.3 Å². The lowest BCUT2D eigenvalue weighted by atomic mass is 10.1. The second kappa shape index (κ2) is 7.94. The van der Waals surface area contributed by atoms with Crippen molar-refractivity contribution in [1.29, 1.82) is 0 Å². The van der Waals surface area contributed by atoms with Gasteiger partial charge < -0.3 is 9.73 Å². The van der Waals surface area contributed by atoms with Crippen molar-refractivity contribution >= 4 is 17.7 Å². The highest BCUT2D eigenvalue weighted by Crippen LogP contribution is 2.31. The van der Waals surface area contributed by atoms with Crippen LogP contribution in [0.1, 0.15) is 11.3 Å². The van der Waals surface area contributed by atoms with Crippen molar-refractivity contribution in [2.24, 2.45) is 0 Å². The summed E-state index contributed by atoms with van der Waals surface area (Å²) in [5.74, 6) is 0.562. The van der Waals surface area contributed by atoms with Crippen LogP contribution in [0.25, 0.3) is 17.4 Å². The summed E-state index contributed by atoms with van der Waals surface area (Å²) in [6.07, 6.45) is 2.89. The number of carbonyl (C=O) groups is 1. The zero-order valence-electron chi connectivity index (χ0n) is 13.8. The maximum Gasteiger partial charge on any atom is 0.280 e. The number of para-hydroxylation sites is 1. The monoisotopic (exact) mass is 348 g/mol. The molecule has 26 heavy (non-hydrogen) atoms. The van der Waals surface area contributed by atoms with Crippen LogP contribution in [0.5, 0.6) is 0 Å². The fraction of sp³-hybridized carbons (Fsp3) is 0.0500. The third-order valence-electron chi connectivity index (χ3n) is 3.70. The van der Waals surface area contributed by atoms with Gasteiger partial charge in [0, 0.05) is 18.7 Å². The summed E-state index contributed by atoms with van der Waals surface area (Å²) in [5.41, 5.74) is 1.37. The van der Waals surface area contributed by atoms with Gasteiger partial charge >= 0.3 is 0 Å². The summed E-state index contributed by atoms with van der Waals surface area (Å²) < 4.78 is 5.60. The Kier molecular flexibility index (Phi) is 5.24. The summed E-state index contributed by atoms with van der Waals surface area (Å²) in [6, 6.07) is 19.2. The standard InChI is InChI=1S/C20H16N2O4/c23-20(21-14-15-6-2-1-3-7-15)13-11-16-10-12-19(26-16)17-8-4-5-9-18(17)22(24)25/h1-13H,14H2,(H,21,23). The molecule has 0 bridgehead atoms. The minimum atomic E-state index is -0.454. The van der Waals surface area contributed by atoms with E-state index in [0.717, 1.165) is 5.56 Å². The van der Waals surface area contributed by atoms with E-state index in [2.05, 4.69) is 5.32 Å². The second-order valence-corrected chi connectivity index (χ2v) is 5.51. The van der Waals surface area contributed by atoms with E-state index >= 15 is 0 Å². The smallest absolute Gasteiger partial charge is 0.280 e. The maximum absolute atomic E-state index is 11.9. The summed E-state index contributed by atoms with van der Waals surface area (Å²) in [5, 5.41) is 13.9. The summed E-state index contributed by atoms with van der Waals surface area (Å²) in [6.45, 7) is 0.434. The van der Waals surface area contributed by atoms with E-state index in [1.165, 1.54) is 18.2 Å². The first-order valence-corrected chi connectivity index (χ1v) is 7.97. The quantitative estimate of drug-likeness (QED) is 0.411. The predicted octanol–water partition coefficient (Wildman–Crippen LogP) is 4.18. The van der Waals surface area contributed by atoms with E-state index in [9.17, 15) is 14.9 Å². The molecule has 1 N–H and O–H groups in total. The number of amides is 1. The minimum absolute atomic E-state index is 0.0296. The van der Waals surface area contributed by atoms with Crippen molar-refractivity contribution in [3.05, 3.63) is 94.2 Å². The average Bonchev–Trinajstić information content (AvgIpc) is 3.14. The Hall–Kier alpha value is -3.67. The highest BCUT2D eigenvalue weighted by molar-refractivity contribution is 5.91. The number of nitrogens with one attached hydrogen (secondary N) is 1. The van der Waals surface area contributed by atoms with Crippen molar-refractivity contribution in [1.82, 2.24) is 5.32 Å². The van der Waals surface area contributed by atoms with Crippen LogP contribution >= 0.6 is 0 Å². The van der Waals surface area contributed by atoms with Gasteiger partial charge in [0.2, 0.25) is 5.91 Å². The third-order valence-corrected chi connectivity index (χ3v) is 3.70. The molecule has 3 aromatic rings. The van der Waals surface area contributed by atoms with Crippen molar-refractivity contribution in [3.63, 3.8) is 0 Å². The van der Waals surface area contributed by atoms with E-state index in [-0.39, 0.29) is 11.6 Å². The highest BCUT2D eigenvalue weighted by atomic mass is 16.6. The number of rotatable bonds is 6. The van der Waals surface area contributed by atoms with Crippen molar-refractivity contribution in [2.75, 3.05) is 0 Å². The van der Waals surface area contributed by atoms with Gasteiger partial charge in [-0.1, -0.05) is 42.5 Å². The van der Waals surface area contributed by atoms with E-state index in [1.807, 2.05) is 30.3 Å². The number of benzene rings is 2. The normalized spacial score (nSPS) is 10.8. The minimum Gasteiger partial charge on any atom is -0.456 e. The SMILES string of the molecule is O=C(C=Cc1ccc(-c2ccccc2[N+](=O)[O-])o1)NCc1ccccc1. The van der Waals surface area contributed by atoms with Gasteiger partial charge in [-0.2, -0.15) is 0 Å². The van der Waals surface area contributed by atoms with Crippen LogP contribution in [0.2, 0.25) is 0 Å². The first-order chi connectivity index (χ1) is 12.6. The summed E-state index contributed by atoms with van der Waals surface area (Å²) >= 11 is 0. The second-order valence-electron chi connectivity index (χ2n) is 5.51. The number of hydrogen-bond donors (Lipinski definition) is 1.